The van der Waals surface area contributed by atoms with E-state index < -0.39 is 5.91 Å². The van der Waals surface area contributed by atoms with Gasteiger partial charge in [0.25, 0.3) is 5.91 Å². The van der Waals surface area contributed by atoms with Crippen molar-refractivity contribution in [1.29, 1.82) is 0 Å². The Morgan fingerprint density at radius 3 is 2.61 bits per heavy atom. The van der Waals surface area contributed by atoms with Gasteiger partial charge in [-0.05, 0) is 60.2 Å². The molecule has 0 aliphatic heterocycles. The van der Waals surface area contributed by atoms with Crippen molar-refractivity contribution in [3.63, 3.8) is 0 Å². The number of furan rings is 1. The van der Waals surface area contributed by atoms with Crippen LogP contribution in [0.1, 0.15) is 16.1 Å². The van der Waals surface area contributed by atoms with Gasteiger partial charge in [-0.3, -0.25) is 9.59 Å². The lowest BCUT2D eigenvalue weighted by Gasteiger charge is -2.09. The Balaban J connectivity index is 1.31. The number of anilines is 1. The van der Waals surface area contributed by atoms with Crippen molar-refractivity contribution in [3.8, 4) is 5.75 Å². The SMILES string of the molecule is O=C(COc1ccc(/C=N/NC(=O)c2cc3cc(Cl)ccc3o2)cc1Cl)Nc1ccccc1. The van der Waals surface area contributed by atoms with Gasteiger partial charge in [0.15, 0.2) is 12.4 Å². The molecule has 33 heavy (non-hydrogen) atoms. The second-order valence-corrected chi connectivity index (χ2v) is 7.73. The molecule has 4 rings (SSSR count). The lowest BCUT2D eigenvalue weighted by atomic mass is 10.2. The maximum absolute atomic E-state index is 12.3. The van der Waals surface area contributed by atoms with E-state index in [9.17, 15) is 9.59 Å². The van der Waals surface area contributed by atoms with Crippen LogP contribution in [0.4, 0.5) is 5.69 Å². The molecule has 166 valence electrons. The predicted octanol–water partition coefficient (Wildman–Crippen LogP) is 5.52. The highest BCUT2D eigenvalue weighted by Crippen LogP contribution is 2.25. The third kappa shape index (κ3) is 5.91. The van der Waals surface area contributed by atoms with E-state index in [-0.39, 0.29) is 18.3 Å². The van der Waals surface area contributed by atoms with Gasteiger partial charge < -0.3 is 14.5 Å². The van der Waals surface area contributed by atoms with Crippen LogP contribution >= 0.6 is 23.2 Å². The van der Waals surface area contributed by atoms with E-state index in [0.717, 1.165) is 5.39 Å². The van der Waals surface area contributed by atoms with Crippen molar-refractivity contribution in [2.45, 2.75) is 0 Å². The molecule has 0 bridgehead atoms. The average molecular weight is 482 g/mol. The molecule has 9 heteroatoms. The molecule has 2 N–H and O–H groups in total. The molecule has 0 radical (unpaired) electrons. The summed E-state index contributed by atoms with van der Waals surface area (Å²) >= 11 is 12.2. The molecule has 3 aromatic carbocycles. The Labute approximate surface area is 198 Å². The van der Waals surface area contributed by atoms with Gasteiger partial charge in [-0.1, -0.05) is 41.4 Å². The number of benzene rings is 3. The quantitative estimate of drug-likeness (QED) is 0.268. The topological polar surface area (TPSA) is 92.9 Å². The van der Waals surface area contributed by atoms with E-state index >= 15 is 0 Å². The molecule has 0 aliphatic rings. The van der Waals surface area contributed by atoms with Crippen molar-refractivity contribution in [2.24, 2.45) is 5.10 Å². The first kappa shape index (κ1) is 22.4. The highest BCUT2D eigenvalue weighted by atomic mass is 35.5. The standard InChI is InChI=1S/C24H17Cl2N3O4/c25-17-7-9-20-16(11-17)12-22(33-20)24(31)29-27-13-15-6-8-21(19(26)10-15)32-14-23(30)28-18-4-2-1-3-5-18/h1-13H,14H2,(H,28,30)(H,29,31)/b27-13+. The lowest BCUT2D eigenvalue weighted by molar-refractivity contribution is -0.118. The fourth-order valence-corrected chi connectivity index (χ4v) is 3.35. The maximum atomic E-state index is 12.3. The Morgan fingerprint density at radius 2 is 1.82 bits per heavy atom. The summed E-state index contributed by atoms with van der Waals surface area (Å²) in [6.07, 6.45) is 1.43. The number of carbonyl (C=O) groups excluding carboxylic acids is 2. The minimum absolute atomic E-state index is 0.111. The number of halogens is 2. The van der Waals surface area contributed by atoms with Gasteiger partial charge in [-0.25, -0.2) is 5.43 Å². The number of carbonyl (C=O) groups is 2. The number of nitrogens with zero attached hydrogens (tertiary/aromatic N) is 1. The van der Waals surface area contributed by atoms with Crippen LogP contribution in [0.5, 0.6) is 5.75 Å². The number of hydrogen-bond acceptors (Lipinski definition) is 5. The molecule has 0 aliphatic carbocycles. The molecule has 7 nitrogen and oxygen atoms in total. The molecular weight excluding hydrogens is 465 g/mol. The normalized spacial score (nSPS) is 11.0. The van der Waals surface area contributed by atoms with Crippen LogP contribution in [-0.2, 0) is 4.79 Å². The third-order valence-corrected chi connectivity index (χ3v) is 4.98. The summed E-state index contributed by atoms with van der Waals surface area (Å²) in [5.74, 6) is -0.352. The van der Waals surface area contributed by atoms with Gasteiger partial charge in [0.1, 0.15) is 11.3 Å². The monoisotopic (exact) mass is 481 g/mol. The van der Waals surface area contributed by atoms with Crippen LogP contribution in [-0.4, -0.2) is 24.6 Å². The van der Waals surface area contributed by atoms with Gasteiger partial charge in [0.2, 0.25) is 0 Å². The van der Waals surface area contributed by atoms with Gasteiger partial charge in [0.05, 0.1) is 11.2 Å². The number of hydrogen-bond donors (Lipinski definition) is 2. The van der Waals surface area contributed by atoms with E-state index in [0.29, 0.717) is 32.6 Å². The second-order valence-electron chi connectivity index (χ2n) is 6.88. The zero-order valence-electron chi connectivity index (χ0n) is 17.0. The number of nitrogens with one attached hydrogen (secondary N) is 2. The van der Waals surface area contributed by atoms with Crippen LogP contribution in [0.15, 0.2) is 82.3 Å². The van der Waals surface area contributed by atoms with Gasteiger partial charge in [-0.15, -0.1) is 0 Å². The van der Waals surface area contributed by atoms with E-state index in [2.05, 4.69) is 15.8 Å². The average Bonchev–Trinajstić information content (AvgIpc) is 3.22. The van der Waals surface area contributed by atoms with E-state index in [4.69, 9.17) is 32.4 Å². The molecule has 0 fully saturated rings. The summed E-state index contributed by atoms with van der Waals surface area (Å²) in [6.45, 7) is -0.194. The number of rotatable bonds is 7. The Kier molecular flexibility index (Phi) is 6.92. The summed E-state index contributed by atoms with van der Waals surface area (Å²) in [5.41, 5.74) is 4.25. The molecule has 0 unspecified atom stereocenters. The first-order chi connectivity index (χ1) is 16.0. The molecule has 0 atom stereocenters. The van der Waals surface area contributed by atoms with Crippen molar-refractivity contribution in [1.82, 2.24) is 5.43 Å². The number of hydrazone groups is 1. The van der Waals surface area contributed by atoms with E-state index in [1.54, 1.807) is 54.6 Å². The Bertz CT molecular complexity index is 1340. The third-order valence-electron chi connectivity index (χ3n) is 4.45. The number of fused-ring (bicyclic) bond motifs is 1. The first-order valence-corrected chi connectivity index (χ1v) is 10.5. The van der Waals surface area contributed by atoms with Gasteiger partial charge in [-0.2, -0.15) is 5.10 Å². The Hall–Kier alpha value is -3.81. The maximum Gasteiger partial charge on any atom is 0.307 e. The lowest BCUT2D eigenvalue weighted by Crippen LogP contribution is -2.20. The van der Waals surface area contributed by atoms with Crippen molar-refractivity contribution in [3.05, 3.63) is 94.2 Å². The predicted molar refractivity (Wildman–Crippen MR) is 128 cm³/mol. The fraction of sp³-hybridized carbons (Fsp3) is 0.0417. The van der Waals surface area contributed by atoms with Crippen LogP contribution in [0.25, 0.3) is 11.0 Å². The summed E-state index contributed by atoms with van der Waals surface area (Å²) in [5, 5.41) is 8.21. The minimum atomic E-state index is -0.506. The number of para-hydroxylation sites is 1. The molecule has 4 aromatic rings. The summed E-state index contributed by atoms with van der Waals surface area (Å²) < 4.78 is 11.0. The molecule has 0 spiro atoms. The largest absolute Gasteiger partial charge is 0.482 e. The second kappa shape index (κ2) is 10.2. The van der Waals surface area contributed by atoms with E-state index in [1.165, 1.54) is 6.21 Å². The number of amides is 2. The van der Waals surface area contributed by atoms with Crippen LogP contribution < -0.4 is 15.5 Å². The first-order valence-electron chi connectivity index (χ1n) is 9.78. The molecule has 0 saturated heterocycles. The molecule has 0 saturated carbocycles. The summed E-state index contributed by atoms with van der Waals surface area (Å²) in [4.78, 5) is 24.3. The minimum Gasteiger partial charge on any atom is -0.482 e. The summed E-state index contributed by atoms with van der Waals surface area (Å²) in [7, 11) is 0. The number of ether oxygens (including phenoxy) is 1. The van der Waals surface area contributed by atoms with Crippen LogP contribution in [0.3, 0.4) is 0 Å². The summed E-state index contributed by atoms with van der Waals surface area (Å²) in [6, 6.07) is 20.6. The Morgan fingerprint density at radius 1 is 1.00 bits per heavy atom. The van der Waals surface area contributed by atoms with Crippen LogP contribution in [0.2, 0.25) is 10.0 Å². The smallest absolute Gasteiger partial charge is 0.307 e. The van der Waals surface area contributed by atoms with Crippen molar-refractivity contribution < 1.29 is 18.7 Å². The fourth-order valence-electron chi connectivity index (χ4n) is 2.92. The molecular formula is C24H17Cl2N3O4. The zero-order chi connectivity index (χ0) is 23.2. The molecule has 2 amide bonds. The molecule has 1 aromatic heterocycles. The van der Waals surface area contributed by atoms with Crippen LogP contribution in [0, 0.1) is 0 Å². The van der Waals surface area contributed by atoms with Crippen molar-refractivity contribution in [2.75, 3.05) is 11.9 Å². The molecule has 1 heterocycles. The highest BCUT2D eigenvalue weighted by molar-refractivity contribution is 6.32. The van der Waals surface area contributed by atoms with Gasteiger partial charge in [0, 0.05) is 16.1 Å². The van der Waals surface area contributed by atoms with Gasteiger partial charge >= 0.3 is 5.91 Å². The highest BCUT2D eigenvalue weighted by Gasteiger charge is 2.12. The zero-order valence-corrected chi connectivity index (χ0v) is 18.6. The van der Waals surface area contributed by atoms with Crippen molar-refractivity contribution >= 4 is 57.9 Å². The van der Waals surface area contributed by atoms with E-state index in [1.807, 2.05) is 18.2 Å².